The summed E-state index contributed by atoms with van der Waals surface area (Å²) in [5.41, 5.74) is 0.677. The van der Waals surface area contributed by atoms with Gasteiger partial charge in [0.25, 0.3) is 0 Å². The smallest absolute Gasteiger partial charge is 0.242 e. The van der Waals surface area contributed by atoms with Crippen LogP contribution in [-0.4, -0.2) is 20.7 Å². The number of aryl methyl sites for hydroxylation is 1. The highest BCUT2D eigenvalue weighted by Crippen LogP contribution is 2.14. The topological polar surface area (TPSA) is 83.6 Å². The highest BCUT2D eigenvalue weighted by Gasteiger charge is 2.19. The standard InChI is InChI=1S/C13H13N5O/c1-18-9-16-12(17-18)8-15-13(19)11(7-14)10-5-3-2-4-6-10/h2-6,9,11H,8H2,1H3,(H,15,19). The van der Waals surface area contributed by atoms with Crippen molar-refractivity contribution in [1.29, 1.82) is 5.26 Å². The molecule has 0 saturated carbocycles. The number of aromatic nitrogens is 3. The van der Waals surface area contributed by atoms with Gasteiger partial charge in [0.05, 0.1) is 12.6 Å². The third-order valence-electron chi connectivity index (χ3n) is 2.59. The van der Waals surface area contributed by atoms with E-state index in [0.29, 0.717) is 11.4 Å². The highest BCUT2D eigenvalue weighted by molar-refractivity contribution is 5.86. The molecular weight excluding hydrogens is 242 g/mol. The van der Waals surface area contributed by atoms with Crippen molar-refractivity contribution in [1.82, 2.24) is 20.1 Å². The fourth-order valence-corrected chi connectivity index (χ4v) is 1.66. The zero-order valence-corrected chi connectivity index (χ0v) is 10.4. The predicted molar refractivity (Wildman–Crippen MR) is 67.6 cm³/mol. The Hall–Kier alpha value is -2.68. The molecule has 2 aromatic rings. The first-order valence-electron chi connectivity index (χ1n) is 5.77. The first kappa shape index (κ1) is 12.8. The molecule has 19 heavy (non-hydrogen) atoms. The van der Waals surface area contributed by atoms with Gasteiger partial charge in [-0.05, 0) is 5.56 Å². The molecule has 0 aliphatic carbocycles. The van der Waals surface area contributed by atoms with Gasteiger partial charge in [0, 0.05) is 7.05 Å². The molecule has 96 valence electrons. The number of amides is 1. The summed E-state index contributed by atoms with van der Waals surface area (Å²) in [6.07, 6.45) is 1.56. The number of benzene rings is 1. The van der Waals surface area contributed by atoms with Crippen LogP contribution in [0.4, 0.5) is 0 Å². The number of rotatable bonds is 4. The molecule has 1 unspecified atom stereocenters. The minimum absolute atomic E-state index is 0.213. The summed E-state index contributed by atoms with van der Waals surface area (Å²) in [4.78, 5) is 16.0. The summed E-state index contributed by atoms with van der Waals surface area (Å²) >= 11 is 0. The molecule has 1 aromatic heterocycles. The van der Waals surface area contributed by atoms with Crippen molar-refractivity contribution in [2.24, 2.45) is 7.05 Å². The Morgan fingerprint density at radius 2 is 2.21 bits per heavy atom. The van der Waals surface area contributed by atoms with Crippen molar-refractivity contribution in [3.63, 3.8) is 0 Å². The molecule has 0 fully saturated rings. The summed E-state index contributed by atoms with van der Waals surface area (Å²) in [6, 6.07) is 11.0. The summed E-state index contributed by atoms with van der Waals surface area (Å²) in [5.74, 6) is -0.647. The molecule has 0 radical (unpaired) electrons. The normalized spacial score (nSPS) is 11.6. The van der Waals surface area contributed by atoms with Crippen molar-refractivity contribution in [3.8, 4) is 6.07 Å². The third kappa shape index (κ3) is 3.16. The van der Waals surface area contributed by atoms with Crippen LogP contribution in [0, 0.1) is 11.3 Å². The zero-order valence-electron chi connectivity index (χ0n) is 10.4. The molecule has 0 bridgehead atoms. The number of nitriles is 1. The second-order valence-corrected chi connectivity index (χ2v) is 4.03. The highest BCUT2D eigenvalue weighted by atomic mass is 16.1. The number of nitrogens with zero attached hydrogens (tertiary/aromatic N) is 4. The molecule has 1 amide bonds. The van der Waals surface area contributed by atoms with Crippen LogP contribution < -0.4 is 5.32 Å². The molecular formula is C13H13N5O. The van der Waals surface area contributed by atoms with E-state index in [2.05, 4.69) is 15.4 Å². The molecule has 1 N–H and O–H groups in total. The van der Waals surface area contributed by atoms with Crippen molar-refractivity contribution < 1.29 is 4.79 Å². The lowest BCUT2D eigenvalue weighted by Gasteiger charge is -2.09. The number of hydrogen-bond acceptors (Lipinski definition) is 4. The van der Waals surface area contributed by atoms with Crippen molar-refractivity contribution in [2.45, 2.75) is 12.5 Å². The Morgan fingerprint density at radius 1 is 1.47 bits per heavy atom. The maximum Gasteiger partial charge on any atom is 0.242 e. The quantitative estimate of drug-likeness (QED) is 0.873. The van der Waals surface area contributed by atoms with E-state index in [0.717, 1.165) is 0 Å². The van der Waals surface area contributed by atoms with Gasteiger partial charge >= 0.3 is 0 Å². The Balaban J connectivity index is 2.00. The maximum atomic E-state index is 12.0. The van der Waals surface area contributed by atoms with Crippen molar-refractivity contribution in [3.05, 3.63) is 48.0 Å². The van der Waals surface area contributed by atoms with Gasteiger partial charge in [0.2, 0.25) is 5.91 Å². The van der Waals surface area contributed by atoms with E-state index in [4.69, 9.17) is 5.26 Å². The Morgan fingerprint density at radius 3 is 2.79 bits per heavy atom. The van der Waals surface area contributed by atoms with Crippen molar-refractivity contribution in [2.75, 3.05) is 0 Å². The lowest BCUT2D eigenvalue weighted by atomic mass is 10.00. The molecule has 1 atom stereocenters. The van der Waals surface area contributed by atoms with Gasteiger partial charge in [-0.1, -0.05) is 30.3 Å². The zero-order chi connectivity index (χ0) is 13.7. The van der Waals surface area contributed by atoms with E-state index in [1.165, 1.54) is 0 Å². The minimum Gasteiger partial charge on any atom is -0.347 e. The first-order chi connectivity index (χ1) is 9.20. The van der Waals surface area contributed by atoms with Crippen LogP contribution in [0.3, 0.4) is 0 Å². The second-order valence-electron chi connectivity index (χ2n) is 4.03. The van der Waals surface area contributed by atoms with Crippen LogP contribution in [0.25, 0.3) is 0 Å². The monoisotopic (exact) mass is 255 g/mol. The van der Waals surface area contributed by atoms with Crippen LogP contribution in [-0.2, 0) is 18.4 Å². The number of hydrogen-bond donors (Lipinski definition) is 1. The molecule has 0 aliphatic heterocycles. The largest absolute Gasteiger partial charge is 0.347 e. The molecule has 1 heterocycles. The van der Waals surface area contributed by atoms with Gasteiger partial charge in [0.1, 0.15) is 12.2 Å². The van der Waals surface area contributed by atoms with Gasteiger partial charge in [-0.3, -0.25) is 9.48 Å². The van der Waals surface area contributed by atoms with Crippen LogP contribution in [0.2, 0.25) is 0 Å². The molecule has 6 nitrogen and oxygen atoms in total. The summed E-state index contributed by atoms with van der Waals surface area (Å²) in [6.45, 7) is 0.213. The van der Waals surface area contributed by atoms with E-state index >= 15 is 0 Å². The van der Waals surface area contributed by atoms with Crippen LogP contribution in [0.5, 0.6) is 0 Å². The minimum atomic E-state index is -0.815. The molecule has 0 spiro atoms. The number of carbonyl (C=O) groups is 1. The average molecular weight is 255 g/mol. The van der Waals surface area contributed by atoms with Crippen LogP contribution in [0.1, 0.15) is 17.3 Å². The van der Waals surface area contributed by atoms with E-state index in [-0.39, 0.29) is 12.5 Å². The number of nitrogens with one attached hydrogen (secondary N) is 1. The SMILES string of the molecule is Cn1cnc(CNC(=O)C(C#N)c2ccccc2)n1. The lowest BCUT2D eigenvalue weighted by molar-refractivity contribution is -0.121. The third-order valence-corrected chi connectivity index (χ3v) is 2.59. The van der Waals surface area contributed by atoms with E-state index < -0.39 is 5.92 Å². The molecule has 1 aromatic carbocycles. The van der Waals surface area contributed by atoms with E-state index in [1.54, 1.807) is 42.3 Å². The maximum absolute atomic E-state index is 12.0. The van der Waals surface area contributed by atoms with Gasteiger partial charge < -0.3 is 5.32 Å². The van der Waals surface area contributed by atoms with E-state index in [1.807, 2.05) is 12.1 Å². The predicted octanol–water partition coefficient (Wildman–Crippen LogP) is 0.739. The van der Waals surface area contributed by atoms with Crippen molar-refractivity contribution >= 4 is 5.91 Å². The first-order valence-corrected chi connectivity index (χ1v) is 5.77. The van der Waals surface area contributed by atoms with Gasteiger partial charge in [0.15, 0.2) is 5.82 Å². The summed E-state index contributed by atoms with van der Waals surface area (Å²) in [7, 11) is 1.75. The fraction of sp³-hybridized carbons (Fsp3) is 0.231. The average Bonchev–Trinajstić information content (AvgIpc) is 2.84. The Kier molecular flexibility index (Phi) is 3.88. The second kappa shape index (κ2) is 5.78. The summed E-state index contributed by atoms with van der Waals surface area (Å²) in [5, 5.41) is 15.8. The number of carbonyl (C=O) groups excluding carboxylic acids is 1. The van der Waals surface area contributed by atoms with Gasteiger partial charge in [-0.2, -0.15) is 10.4 Å². The van der Waals surface area contributed by atoms with Gasteiger partial charge in [-0.15, -0.1) is 0 Å². The lowest BCUT2D eigenvalue weighted by Crippen LogP contribution is -2.28. The Labute approximate surface area is 110 Å². The Bertz CT molecular complexity index is 599. The molecule has 0 saturated heterocycles. The van der Waals surface area contributed by atoms with Crippen LogP contribution in [0.15, 0.2) is 36.7 Å². The van der Waals surface area contributed by atoms with E-state index in [9.17, 15) is 4.79 Å². The molecule has 6 heteroatoms. The molecule has 2 rings (SSSR count). The summed E-state index contributed by atoms with van der Waals surface area (Å²) < 4.78 is 1.56. The van der Waals surface area contributed by atoms with Crippen LogP contribution >= 0.6 is 0 Å². The van der Waals surface area contributed by atoms with Gasteiger partial charge in [-0.25, -0.2) is 4.98 Å². The molecule has 0 aliphatic rings. The fourth-order valence-electron chi connectivity index (χ4n) is 1.66.